The minimum Gasteiger partial charge on any atom is -0.367 e. The van der Waals surface area contributed by atoms with Crippen LogP contribution < -0.4 is 5.73 Å². The average Bonchev–Trinajstić information content (AvgIpc) is 2.17. The second-order valence-corrected chi connectivity index (χ2v) is 3.88. The molecule has 1 unspecified atom stereocenters. The maximum Gasteiger partial charge on any atom is 0.251 e. The molecule has 0 saturated heterocycles. The molecule has 0 spiro atoms. The minimum absolute atomic E-state index is 0.211. The van der Waals surface area contributed by atoms with Crippen LogP contribution in [0.1, 0.15) is 30.9 Å². The predicted octanol–water partition coefficient (Wildman–Crippen LogP) is 1.78. The third kappa shape index (κ3) is 2.36. The molecule has 0 aromatic heterocycles. The highest BCUT2D eigenvalue weighted by Gasteiger charge is 2.26. The van der Waals surface area contributed by atoms with E-state index in [2.05, 4.69) is 0 Å². The van der Waals surface area contributed by atoms with E-state index in [0.29, 0.717) is 0 Å². The lowest BCUT2D eigenvalue weighted by Gasteiger charge is -2.29. The van der Waals surface area contributed by atoms with Crippen LogP contribution in [0.4, 0.5) is 0 Å². The van der Waals surface area contributed by atoms with Gasteiger partial charge in [-0.05, 0) is 24.8 Å². The Morgan fingerprint density at radius 3 is 2.47 bits per heavy atom. The summed E-state index contributed by atoms with van der Waals surface area (Å²) in [4.78, 5) is 11.3. The molecule has 1 fully saturated rings. The van der Waals surface area contributed by atoms with E-state index in [1.165, 1.54) is 6.42 Å². The normalized spacial score (nSPS) is 18.1. The Morgan fingerprint density at radius 2 is 2.00 bits per heavy atom. The van der Waals surface area contributed by atoms with Crippen LogP contribution in [0.15, 0.2) is 30.3 Å². The lowest BCUT2D eigenvalue weighted by molar-refractivity contribution is -0.137. The maximum atomic E-state index is 11.3. The third-order valence-corrected chi connectivity index (χ3v) is 2.74. The molecule has 1 aromatic rings. The van der Waals surface area contributed by atoms with Gasteiger partial charge < -0.3 is 10.5 Å². The number of carbonyl (C=O) groups is 1. The van der Waals surface area contributed by atoms with Gasteiger partial charge in [-0.15, -0.1) is 0 Å². The zero-order valence-electron chi connectivity index (χ0n) is 8.56. The number of amides is 1. The minimum atomic E-state index is -0.587. The molecule has 1 aliphatic carbocycles. The van der Waals surface area contributed by atoms with Crippen molar-refractivity contribution in [3.63, 3.8) is 0 Å². The van der Waals surface area contributed by atoms with Crippen LogP contribution in [-0.4, -0.2) is 12.0 Å². The summed E-state index contributed by atoms with van der Waals surface area (Å²) < 4.78 is 5.66. The average molecular weight is 205 g/mol. The summed E-state index contributed by atoms with van der Waals surface area (Å²) >= 11 is 0. The van der Waals surface area contributed by atoms with Crippen LogP contribution in [0, 0.1) is 0 Å². The summed E-state index contributed by atoms with van der Waals surface area (Å²) in [5.41, 5.74) is 6.18. The summed E-state index contributed by atoms with van der Waals surface area (Å²) in [6.07, 6.45) is 2.89. The van der Waals surface area contributed by atoms with Crippen LogP contribution in [0.2, 0.25) is 0 Å². The first-order valence-electron chi connectivity index (χ1n) is 5.27. The van der Waals surface area contributed by atoms with Crippen molar-refractivity contribution in [2.24, 2.45) is 5.73 Å². The van der Waals surface area contributed by atoms with Crippen LogP contribution in [0.3, 0.4) is 0 Å². The Morgan fingerprint density at radius 1 is 1.33 bits per heavy atom. The van der Waals surface area contributed by atoms with Gasteiger partial charge in [-0.1, -0.05) is 30.3 Å². The highest BCUT2D eigenvalue weighted by atomic mass is 16.5. The van der Waals surface area contributed by atoms with Gasteiger partial charge in [0.25, 0.3) is 5.91 Å². The number of nitrogens with two attached hydrogens (primary N) is 1. The molecule has 3 heteroatoms. The zero-order valence-corrected chi connectivity index (χ0v) is 8.56. The van der Waals surface area contributed by atoms with Gasteiger partial charge in [0.15, 0.2) is 6.10 Å². The maximum absolute atomic E-state index is 11.3. The molecule has 0 heterocycles. The Balaban J connectivity index is 2.08. The van der Waals surface area contributed by atoms with Crippen molar-refractivity contribution in [2.45, 2.75) is 31.5 Å². The zero-order chi connectivity index (χ0) is 10.7. The van der Waals surface area contributed by atoms with Crippen molar-refractivity contribution in [1.82, 2.24) is 0 Å². The summed E-state index contributed by atoms with van der Waals surface area (Å²) in [5.74, 6) is -0.409. The van der Waals surface area contributed by atoms with Crippen molar-refractivity contribution in [3.05, 3.63) is 35.9 Å². The summed E-state index contributed by atoms with van der Waals surface area (Å²) in [6.45, 7) is 0. The van der Waals surface area contributed by atoms with Crippen LogP contribution in [0.5, 0.6) is 0 Å². The van der Waals surface area contributed by atoms with E-state index in [0.717, 1.165) is 18.4 Å². The molecule has 0 bridgehead atoms. The van der Waals surface area contributed by atoms with Crippen LogP contribution in [-0.2, 0) is 9.53 Å². The first kappa shape index (κ1) is 10.2. The van der Waals surface area contributed by atoms with Crippen molar-refractivity contribution in [3.8, 4) is 0 Å². The quantitative estimate of drug-likeness (QED) is 0.814. The second kappa shape index (κ2) is 4.45. The van der Waals surface area contributed by atoms with Gasteiger partial charge in [0.05, 0.1) is 6.10 Å². The van der Waals surface area contributed by atoms with Gasteiger partial charge >= 0.3 is 0 Å². The Hall–Kier alpha value is -1.35. The smallest absolute Gasteiger partial charge is 0.251 e. The number of rotatable bonds is 4. The highest BCUT2D eigenvalue weighted by molar-refractivity contribution is 5.80. The molecule has 80 valence electrons. The van der Waals surface area contributed by atoms with Crippen molar-refractivity contribution in [1.29, 1.82) is 0 Å². The largest absolute Gasteiger partial charge is 0.367 e. The van der Waals surface area contributed by atoms with E-state index in [9.17, 15) is 4.79 Å². The van der Waals surface area contributed by atoms with Gasteiger partial charge in [-0.3, -0.25) is 4.79 Å². The van der Waals surface area contributed by atoms with Crippen molar-refractivity contribution < 1.29 is 9.53 Å². The van der Waals surface area contributed by atoms with E-state index in [-0.39, 0.29) is 6.10 Å². The lowest BCUT2D eigenvalue weighted by Crippen LogP contribution is -2.31. The fourth-order valence-electron chi connectivity index (χ4n) is 1.64. The van der Waals surface area contributed by atoms with E-state index >= 15 is 0 Å². The molecular weight excluding hydrogens is 190 g/mol. The molecule has 1 amide bonds. The summed E-state index contributed by atoms with van der Waals surface area (Å²) in [7, 11) is 0. The van der Waals surface area contributed by atoms with Crippen LogP contribution >= 0.6 is 0 Å². The van der Waals surface area contributed by atoms with E-state index < -0.39 is 12.0 Å². The number of ether oxygens (including phenoxy) is 1. The fourth-order valence-corrected chi connectivity index (χ4v) is 1.64. The molecule has 1 saturated carbocycles. The molecule has 1 atom stereocenters. The van der Waals surface area contributed by atoms with Gasteiger partial charge in [-0.2, -0.15) is 0 Å². The number of carbonyl (C=O) groups excluding carboxylic acids is 1. The van der Waals surface area contributed by atoms with Crippen LogP contribution in [0.25, 0.3) is 0 Å². The standard InChI is InChI=1S/C12H15NO2/c13-12(14)11(15-10-7-4-8-10)9-5-2-1-3-6-9/h1-3,5-6,10-11H,4,7-8H2,(H2,13,14). The Kier molecular flexibility index (Phi) is 3.02. The lowest BCUT2D eigenvalue weighted by atomic mass is 9.95. The Labute approximate surface area is 89.2 Å². The monoisotopic (exact) mass is 205 g/mol. The van der Waals surface area contributed by atoms with Gasteiger partial charge in [0, 0.05) is 0 Å². The molecule has 15 heavy (non-hydrogen) atoms. The van der Waals surface area contributed by atoms with Gasteiger partial charge in [-0.25, -0.2) is 0 Å². The van der Waals surface area contributed by atoms with Gasteiger partial charge in [0.1, 0.15) is 0 Å². The molecule has 0 radical (unpaired) electrons. The number of benzene rings is 1. The van der Waals surface area contributed by atoms with Crippen molar-refractivity contribution >= 4 is 5.91 Å². The number of hydrogen-bond acceptors (Lipinski definition) is 2. The topological polar surface area (TPSA) is 52.3 Å². The number of primary amides is 1. The summed E-state index contributed by atoms with van der Waals surface area (Å²) in [5, 5.41) is 0. The molecular formula is C12H15NO2. The second-order valence-electron chi connectivity index (χ2n) is 3.88. The highest BCUT2D eigenvalue weighted by Crippen LogP contribution is 2.28. The third-order valence-electron chi connectivity index (χ3n) is 2.74. The van der Waals surface area contributed by atoms with E-state index in [1.807, 2.05) is 30.3 Å². The summed E-state index contributed by atoms with van der Waals surface area (Å²) in [6, 6.07) is 9.41. The first-order valence-corrected chi connectivity index (χ1v) is 5.27. The van der Waals surface area contributed by atoms with E-state index in [1.54, 1.807) is 0 Å². The predicted molar refractivity (Wildman–Crippen MR) is 57.1 cm³/mol. The molecule has 1 aliphatic rings. The molecule has 2 N–H and O–H groups in total. The number of hydrogen-bond donors (Lipinski definition) is 1. The Bertz CT molecular complexity index is 333. The SMILES string of the molecule is NC(=O)C(OC1CCC1)c1ccccc1. The van der Waals surface area contributed by atoms with E-state index in [4.69, 9.17) is 10.5 Å². The molecule has 1 aromatic carbocycles. The molecule has 2 rings (SSSR count). The van der Waals surface area contributed by atoms with Crippen molar-refractivity contribution in [2.75, 3.05) is 0 Å². The molecule has 3 nitrogen and oxygen atoms in total. The fraction of sp³-hybridized carbons (Fsp3) is 0.417. The molecule has 0 aliphatic heterocycles. The van der Waals surface area contributed by atoms with Gasteiger partial charge in [0.2, 0.25) is 0 Å². The first-order chi connectivity index (χ1) is 7.27.